The molecule has 0 spiro atoms. The van der Waals surface area contributed by atoms with E-state index in [1.807, 2.05) is 0 Å². The highest BCUT2D eigenvalue weighted by Gasteiger charge is 2.50. The van der Waals surface area contributed by atoms with Crippen molar-refractivity contribution in [1.82, 2.24) is 0 Å². The SMILES string of the molecule is CCO.CO.OCC(O)C(O)C(O)C(O)CO.OCC1OC(O)C(O)C(O)C1O.OC[C@H]1O[C@H](O[C@H]2[C@H](O)[C@@H](O)C(O)O[C@@H]2CO)[C@H](O)[C@@H](O)[C@@H]1O. The first-order valence-electron chi connectivity index (χ1n) is 15.6. The molecule has 0 aromatic carbocycles. The van der Waals surface area contributed by atoms with Crippen molar-refractivity contribution in [2.24, 2.45) is 0 Å². The molecule has 52 heavy (non-hydrogen) atoms. The fraction of sp³-hybridized carbons (Fsp3) is 1.00. The molecule has 25 nitrogen and oxygen atoms in total. The molecule has 3 saturated heterocycles. The van der Waals surface area contributed by atoms with Gasteiger partial charge in [0.2, 0.25) is 0 Å². The highest BCUT2D eigenvalue weighted by Crippen LogP contribution is 2.28. The summed E-state index contributed by atoms with van der Waals surface area (Å²) < 4.78 is 19.8. The maximum absolute atomic E-state index is 9.94. The minimum absolute atomic E-state index is 0.250. The Morgan fingerprint density at radius 1 is 0.462 bits per heavy atom. The molecule has 0 radical (unpaired) electrons. The summed E-state index contributed by atoms with van der Waals surface area (Å²) in [5.41, 5.74) is 0. The molecule has 3 fully saturated rings. The number of rotatable bonds is 10. The van der Waals surface area contributed by atoms with E-state index < -0.39 is 150 Å². The fourth-order valence-corrected chi connectivity index (χ4v) is 4.32. The second kappa shape index (κ2) is 27.6. The van der Waals surface area contributed by atoms with E-state index in [0.29, 0.717) is 0 Å². The van der Waals surface area contributed by atoms with Crippen molar-refractivity contribution < 1.29 is 126 Å². The molecule has 0 aromatic heterocycles. The Hall–Kier alpha value is -1.00. The Bertz CT molecular complexity index is 837. The zero-order valence-corrected chi connectivity index (χ0v) is 28.2. The van der Waals surface area contributed by atoms with Crippen LogP contribution in [0.3, 0.4) is 0 Å². The minimum Gasteiger partial charge on any atom is -0.400 e. The van der Waals surface area contributed by atoms with E-state index in [-0.39, 0.29) is 6.61 Å². The van der Waals surface area contributed by atoms with Gasteiger partial charge in [0.25, 0.3) is 0 Å². The van der Waals surface area contributed by atoms with E-state index in [2.05, 4.69) is 4.74 Å². The first-order valence-corrected chi connectivity index (χ1v) is 15.6. The third kappa shape index (κ3) is 15.6. The van der Waals surface area contributed by atoms with Gasteiger partial charge >= 0.3 is 0 Å². The lowest BCUT2D eigenvalue weighted by Crippen LogP contribution is -2.64. The third-order valence-electron chi connectivity index (χ3n) is 7.36. The molecule has 21 N–H and O–H groups in total. The van der Waals surface area contributed by atoms with Gasteiger partial charge in [0.05, 0.1) is 33.0 Å². The van der Waals surface area contributed by atoms with Crippen LogP contribution in [0, 0.1) is 0 Å². The number of hydrogen-bond acceptors (Lipinski definition) is 25. The number of hydrogen-bond donors (Lipinski definition) is 21. The minimum atomic E-state index is -1.74. The van der Waals surface area contributed by atoms with E-state index in [0.717, 1.165) is 7.11 Å². The molecular weight excluding hydrogens is 724 g/mol. The Morgan fingerprint density at radius 3 is 1.15 bits per heavy atom. The molecular formula is C27H58O25. The average Bonchev–Trinajstić information content (AvgIpc) is 3.15. The number of aliphatic hydroxyl groups excluding tert-OH is 21. The molecule has 0 aliphatic carbocycles. The predicted molar refractivity (Wildman–Crippen MR) is 164 cm³/mol. The second-order valence-corrected chi connectivity index (χ2v) is 11.0. The Labute approximate surface area is 296 Å². The van der Waals surface area contributed by atoms with Crippen LogP contribution in [0.5, 0.6) is 0 Å². The van der Waals surface area contributed by atoms with Crippen molar-refractivity contribution in [1.29, 1.82) is 0 Å². The van der Waals surface area contributed by atoms with Crippen LogP contribution < -0.4 is 0 Å². The van der Waals surface area contributed by atoms with Gasteiger partial charge in [-0.05, 0) is 6.92 Å². The maximum atomic E-state index is 9.94. The molecule has 316 valence electrons. The number of aliphatic hydroxyl groups is 21. The molecule has 3 aliphatic heterocycles. The highest BCUT2D eigenvalue weighted by molar-refractivity contribution is 4.94. The van der Waals surface area contributed by atoms with E-state index >= 15 is 0 Å². The van der Waals surface area contributed by atoms with Gasteiger partial charge in [-0.3, -0.25) is 0 Å². The Kier molecular flexibility index (Phi) is 28.1. The average molecular weight is 783 g/mol. The van der Waals surface area contributed by atoms with Crippen molar-refractivity contribution >= 4 is 0 Å². The molecule has 25 heteroatoms. The van der Waals surface area contributed by atoms with Crippen LogP contribution in [-0.4, -0.2) is 271 Å². The molecule has 0 bridgehead atoms. The molecule has 3 heterocycles. The first-order chi connectivity index (χ1) is 24.3. The maximum Gasteiger partial charge on any atom is 0.187 e. The van der Waals surface area contributed by atoms with Crippen molar-refractivity contribution in [3.8, 4) is 0 Å². The van der Waals surface area contributed by atoms with Crippen LogP contribution in [0.25, 0.3) is 0 Å². The summed E-state index contributed by atoms with van der Waals surface area (Å²) in [6, 6.07) is 0. The summed E-state index contributed by atoms with van der Waals surface area (Å²) in [6.45, 7) is -1.39. The van der Waals surface area contributed by atoms with Gasteiger partial charge in [-0.1, -0.05) is 0 Å². The van der Waals surface area contributed by atoms with Crippen molar-refractivity contribution in [2.75, 3.05) is 46.8 Å². The van der Waals surface area contributed by atoms with Gasteiger partial charge < -0.3 is 126 Å². The highest BCUT2D eigenvalue weighted by atomic mass is 16.7. The van der Waals surface area contributed by atoms with Crippen LogP contribution in [-0.2, 0) is 18.9 Å². The fourth-order valence-electron chi connectivity index (χ4n) is 4.32. The summed E-state index contributed by atoms with van der Waals surface area (Å²) in [5.74, 6) is 0. The smallest absolute Gasteiger partial charge is 0.187 e. The molecule has 3 rings (SSSR count). The van der Waals surface area contributed by atoms with E-state index in [1.165, 1.54) is 0 Å². The van der Waals surface area contributed by atoms with Gasteiger partial charge in [-0.2, -0.15) is 0 Å². The predicted octanol–water partition coefficient (Wildman–Crippen LogP) is -12.6. The van der Waals surface area contributed by atoms with Crippen LogP contribution in [0.15, 0.2) is 0 Å². The quantitative estimate of drug-likeness (QED) is 0.0978. The lowest BCUT2D eigenvalue weighted by Gasteiger charge is -2.45. The normalized spacial score (nSPS) is 39.6. The zero-order valence-electron chi connectivity index (χ0n) is 28.2. The second-order valence-electron chi connectivity index (χ2n) is 11.0. The molecule has 3 aliphatic rings. The molecule has 0 amide bonds. The van der Waals surface area contributed by atoms with E-state index in [9.17, 15) is 35.7 Å². The van der Waals surface area contributed by atoms with E-state index in [4.69, 9.17) is 85.7 Å². The summed E-state index contributed by atoms with van der Waals surface area (Å²) in [6.07, 6.45) is -29.0. The van der Waals surface area contributed by atoms with Crippen LogP contribution >= 0.6 is 0 Å². The summed E-state index contributed by atoms with van der Waals surface area (Å²) in [7, 11) is 1.00. The zero-order chi connectivity index (χ0) is 41.0. The van der Waals surface area contributed by atoms with Gasteiger partial charge in [0.15, 0.2) is 18.9 Å². The summed E-state index contributed by atoms with van der Waals surface area (Å²) >= 11 is 0. The largest absolute Gasteiger partial charge is 0.400 e. The lowest BCUT2D eigenvalue weighted by molar-refractivity contribution is -0.355. The van der Waals surface area contributed by atoms with Gasteiger partial charge in [0, 0.05) is 13.7 Å². The number of ether oxygens (including phenoxy) is 4. The standard InChI is InChI=1S/C12H22O11.C6H12O6.C6H14O6.C2H6O.CH4O/c13-1-3-5(15)6(16)9(19)12(22-3)23-10-4(2-14)21-11(20)8(18)7(10)17;7-1-2-3(8)4(9)5(10)6(11)12-2;7-1-3(9)5(11)6(12)4(10)2-8;1-2-3;1-2/h3-20H,1-2H2;2-11H,1H2;3-12H,1-2H2;3H,2H2,1H3;2H,1H3/t3-,4-,5-,6+,7-,8-,9-,10-,11?,12-;;;;/m1..../s1. The van der Waals surface area contributed by atoms with Crippen LogP contribution in [0.1, 0.15) is 6.92 Å². The molecule has 10 unspecified atom stereocenters. The first kappa shape index (κ1) is 53.1. The monoisotopic (exact) mass is 782 g/mol. The summed E-state index contributed by atoms with van der Waals surface area (Å²) in [4.78, 5) is 0. The summed E-state index contributed by atoms with van der Waals surface area (Å²) in [5, 5.41) is 188. The Balaban J connectivity index is 0. The van der Waals surface area contributed by atoms with Gasteiger partial charge in [-0.25, -0.2) is 0 Å². The topological polar surface area (TPSA) is 462 Å². The van der Waals surface area contributed by atoms with E-state index in [1.54, 1.807) is 6.92 Å². The lowest BCUT2D eigenvalue weighted by atomic mass is 9.97. The van der Waals surface area contributed by atoms with Crippen molar-refractivity contribution in [3.05, 3.63) is 0 Å². The molecule has 0 saturated carbocycles. The van der Waals surface area contributed by atoms with Gasteiger partial charge in [0.1, 0.15) is 97.7 Å². The van der Waals surface area contributed by atoms with Crippen LogP contribution in [0.2, 0.25) is 0 Å². The Morgan fingerprint density at radius 2 is 0.788 bits per heavy atom. The van der Waals surface area contributed by atoms with Gasteiger partial charge in [-0.15, -0.1) is 0 Å². The van der Waals surface area contributed by atoms with Crippen LogP contribution in [0.4, 0.5) is 0 Å². The molecule has 19 atom stereocenters. The van der Waals surface area contributed by atoms with Crippen molar-refractivity contribution in [2.45, 2.75) is 123 Å². The van der Waals surface area contributed by atoms with Crippen molar-refractivity contribution in [3.63, 3.8) is 0 Å². The third-order valence-corrected chi connectivity index (χ3v) is 7.36. The molecule has 0 aromatic rings.